The second-order valence-corrected chi connectivity index (χ2v) is 10.9. The maximum Gasteiger partial charge on any atom is 0.253 e. The highest BCUT2D eigenvalue weighted by atomic mass is 32.2. The first-order valence-electron chi connectivity index (χ1n) is 10.1. The summed E-state index contributed by atoms with van der Waals surface area (Å²) in [6.07, 6.45) is 2.18. The summed E-state index contributed by atoms with van der Waals surface area (Å²) < 4.78 is 27.9. The van der Waals surface area contributed by atoms with Crippen LogP contribution in [-0.2, 0) is 10.0 Å². The van der Waals surface area contributed by atoms with E-state index in [1.54, 1.807) is 28.6 Å². The predicted molar refractivity (Wildman–Crippen MR) is 107 cm³/mol. The number of carbonyl (C=O) groups is 1. The molecule has 0 bridgehead atoms. The van der Waals surface area contributed by atoms with Gasteiger partial charge in [0.25, 0.3) is 5.91 Å². The first-order valence-corrected chi connectivity index (χ1v) is 11.5. The molecule has 1 aromatic carbocycles. The third kappa shape index (κ3) is 4.54. The molecule has 6 heteroatoms. The molecule has 0 radical (unpaired) electrons. The van der Waals surface area contributed by atoms with Crippen LogP contribution in [0.15, 0.2) is 29.2 Å². The first-order chi connectivity index (χ1) is 12.7. The van der Waals surface area contributed by atoms with Crippen molar-refractivity contribution in [1.29, 1.82) is 0 Å². The molecule has 5 nitrogen and oxygen atoms in total. The lowest BCUT2D eigenvalue weighted by Crippen LogP contribution is -2.43. The van der Waals surface area contributed by atoms with E-state index in [1.807, 2.05) is 4.90 Å². The first kappa shape index (κ1) is 20.3. The van der Waals surface area contributed by atoms with Crippen molar-refractivity contribution in [3.05, 3.63) is 29.8 Å². The fourth-order valence-electron chi connectivity index (χ4n) is 4.75. The number of rotatable bonds is 3. The molecule has 0 saturated carbocycles. The molecule has 2 aliphatic heterocycles. The lowest BCUT2D eigenvalue weighted by atomic mass is 9.91. The molecule has 1 amide bonds. The largest absolute Gasteiger partial charge is 0.338 e. The predicted octanol–water partition coefficient (Wildman–Crippen LogP) is 3.47. The van der Waals surface area contributed by atoms with E-state index in [9.17, 15) is 13.2 Å². The van der Waals surface area contributed by atoms with Gasteiger partial charge in [-0.05, 0) is 54.7 Å². The zero-order chi connectivity index (χ0) is 19.8. The molecule has 0 N–H and O–H groups in total. The van der Waals surface area contributed by atoms with Crippen LogP contribution >= 0.6 is 0 Å². The molecular formula is C21H32N2O3S. The topological polar surface area (TPSA) is 57.7 Å². The van der Waals surface area contributed by atoms with Crippen molar-refractivity contribution >= 4 is 15.9 Å². The van der Waals surface area contributed by atoms with Crippen molar-refractivity contribution in [3.63, 3.8) is 0 Å². The monoisotopic (exact) mass is 392 g/mol. The van der Waals surface area contributed by atoms with E-state index in [0.29, 0.717) is 42.3 Å². The highest BCUT2D eigenvalue weighted by molar-refractivity contribution is 7.89. The van der Waals surface area contributed by atoms with Crippen molar-refractivity contribution in [3.8, 4) is 0 Å². The molecule has 2 saturated heterocycles. The van der Waals surface area contributed by atoms with E-state index in [1.165, 1.54) is 0 Å². The van der Waals surface area contributed by atoms with Gasteiger partial charge in [-0.1, -0.05) is 33.8 Å². The standard InChI is InChI=1S/C21H32N2O3S/c1-15-8-16(2)12-22(11-15)21(24)19-6-5-7-20(10-19)27(25,26)23-13-17(3)9-18(4)14-23/h5-7,10,15-18H,8-9,11-14H2,1-4H3. The van der Waals surface area contributed by atoms with E-state index in [-0.39, 0.29) is 10.8 Å². The van der Waals surface area contributed by atoms with Gasteiger partial charge in [-0.2, -0.15) is 4.31 Å². The molecule has 4 atom stereocenters. The number of hydrogen-bond donors (Lipinski definition) is 0. The molecule has 2 fully saturated rings. The number of benzene rings is 1. The smallest absolute Gasteiger partial charge is 0.253 e. The lowest BCUT2D eigenvalue weighted by molar-refractivity contribution is 0.0623. The van der Waals surface area contributed by atoms with Crippen LogP contribution < -0.4 is 0 Å². The SMILES string of the molecule is CC1CC(C)CN(C(=O)c2cccc(S(=O)(=O)N3CC(C)CC(C)C3)c2)C1. The molecule has 2 aliphatic rings. The van der Waals surface area contributed by atoms with Crippen molar-refractivity contribution in [2.45, 2.75) is 45.4 Å². The Morgan fingerprint density at radius 1 is 0.889 bits per heavy atom. The minimum absolute atomic E-state index is 0.0640. The van der Waals surface area contributed by atoms with Crippen LogP contribution in [0.4, 0.5) is 0 Å². The molecule has 3 rings (SSSR count). The minimum atomic E-state index is -3.57. The van der Waals surface area contributed by atoms with E-state index >= 15 is 0 Å². The molecule has 2 heterocycles. The Morgan fingerprint density at radius 3 is 1.96 bits per heavy atom. The van der Waals surface area contributed by atoms with Gasteiger partial charge in [0, 0.05) is 31.7 Å². The van der Waals surface area contributed by atoms with Crippen LogP contribution in [0, 0.1) is 23.7 Å². The number of sulfonamides is 1. The van der Waals surface area contributed by atoms with E-state index in [2.05, 4.69) is 27.7 Å². The van der Waals surface area contributed by atoms with Gasteiger partial charge in [0.05, 0.1) is 4.90 Å². The van der Waals surface area contributed by atoms with Gasteiger partial charge in [-0.15, -0.1) is 0 Å². The minimum Gasteiger partial charge on any atom is -0.338 e. The van der Waals surface area contributed by atoms with Crippen LogP contribution in [0.2, 0.25) is 0 Å². The molecule has 4 unspecified atom stereocenters. The van der Waals surface area contributed by atoms with Crippen LogP contribution in [0.1, 0.15) is 50.9 Å². The third-order valence-electron chi connectivity index (χ3n) is 5.71. The number of nitrogens with zero attached hydrogens (tertiary/aromatic N) is 2. The van der Waals surface area contributed by atoms with Gasteiger partial charge in [0.2, 0.25) is 10.0 Å². The highest BCUT2D eigenvalue weighted by Crippen LogP contribution is 2.28. The Bertz CT molecular complexity index is 772. The average molecular weight is 393 g/mol. The molecule has 0 aromatic heterocycles. The normalized spacial score (nSPS) is 30.3. The zero-order valence-electron chi connectivity index (χ0n) is 16.9. The quantitative estimate of drug-likeness (QED) is 0.791. The Labute approximate surface area is 163 Å². The molecule has 27 heavy (non-hydrogen) atoms. The molecule has 1 aromatic rings. The second kappa shape index (κ2) is 7.92. The summed E-state index contributed by atoms with van der Waals surface area (Å²) in [4.78, 5) is 15.1. The van der Waals surface area contributed by atoms with Crippen LogP contribution in [0.3, 0.4) is 0 Å². The lowest BCUT2D eigenvalue weighted by Gasteiger charge is -2.35. The maximum atomic E-state index is 13.1. The summed E-state index contributed by atoms with van der Waals surface area (Å²) in [5.74, 6) is 1.59. The fraction of sp³-hybridized carbons (Fsp3) is 0.667. The van der Waals surface area contributed by atoms with Crippen molar-refractivity contribution in [1.82, 2.24) is 9.21 Å². The molecular weight excluding hydrogens is 360 g/mol. The van der Waals surface area contributed by atoms with E-state index < -0.39 is 10.0 Å². The zero-order valence-corrected chi connectivity index (χ0v) is 17.7. The maximum absolute atomic E-state index is 13.1. The van der Waals surface area contributed by atoms with Gasteiger partial charge in [-0.25, -0.2) is 8.42 Å². The second-order valence-electron chi connectivity index (χ2n) is 8.95. The van der Waals surface area contributed by atoms with E-state index in [0.717, 1.165) is 25.9 Å². The van der Waals surface area contributed by atoms with Crippen molar-refractivity contribution in [2.24, 2.45) is 23.7 Å². The Morgan fingerprint density at radius 2 is 1.41 bits per heavy atom. The van der Waals surface area contributed by atoms with Gasteiger partial charge in [-0.3, -0.25) is 4.79 Å². The number of amides is 1. The van der Waals surface area contributed by atoms with Crippen LogP contribution in [0.25, 0.3) is 0 Å². The highest BCUT2D eigenvalue weighted by Gasteiger charge is 2.32. The Balaban J connectivity index is 1.83. The molecule has 0 aliphatic carbocycles. The Hall–Kier alpha value is -1.40. The summed E-state index contributed by atoms with van der Waals surface area (Å²) in [6.45, 7) is 11.1. The van der Waals surface area contributed by atoms with Crippen molar-refractivity contribution < 1.29 is 13.2 Å². The Kier molecular flexibility index (Phi) is 5.96. The van der Waals surface area contributed by atoms with Gasteiger partial charge >= 0.3 is 0 Å². The average Bonchev–Trinajstić information content (AvgIpc) is 2.59. The summed E-state index contributed by atoms with van der Waals surface area (Å²) in [5.41, 5.74) is 0.468. The van der Waals surface area contributed by atoms with Crippen LogP contribution in [0.5, 0.6) is 0 Å². The number of likely N-dealkylation sites (tertiary alicyclic amines) is 1. The number of carbonyl (C=O) groups excluding carboxylic acids is 1. The van der Waals surface area contributed by atoms with Gasteiger partial charge in [0.15, 0.2) is 0 Å². The molecule has 0 spiro atoms. The van der Waals surface area contributed by atoms with E-state index in [4.69, 9.17) is 0 Å². The van der Waals surface area contributed by atoms with Gasteiger partial charge in [0.1, 0.15) is 0 Å². The van der Waals surface area contributed by atoms with Crippen molar-refractivity contribution in [2.75, 3.05) is 26.2 Å². The summed E-state index contributed by atoms with van der Waals surface area (Å²) in [5, 5.41) is 0. The third-order valence-corrected chi connectivity index (χ3v) is 7.54. The number of piperidine rings is 2. The number of hydrogen-bond acceptors (Lipinski definition) is 3. The van der Waals surface area contributed by atoms with Crippen LogP contribution in [-0.4, -0.2) is 49.7 Å². The summed E-state index contributed by atoms with van der Waals surface area (Å²) >= 11 is 0. The van der Waals surface area contributed by atoms with Gasteiger partial charge < -0.3 is 4.90 Å². The summed E-state index contributed by atoms with van der Waals surface area (Å²) in [7, 11) is -3.57. The fourth-order valence-corrected chi connectivity index (χ4v) is 6.48. The molecule has 150 valence electrons. The summed E-state index contributed by atoms with van der Waals surface area (Å²) in [6, 6.07) is 6.59.